The average Bonchev–Trinajstić information content (AvgIpc) is 3.36. The first-order valence-corrected chi connectivity index (χ1v) is 10.5. The van der Waals surface area contributed by atoms with Gasteiger partial charge in [0.2, 0.25) is 0 Å². The molecule has 8 nitrogen and oxygen atoms in total. The van der Waals surface area contributed by atoms with E-state index in [2.05, 4.69) is 14.9 Å². The van der Waals surface area contributed by atoms with Crippen LogP contribution in [0.1, 0.15) is 22.6 Å². The van der Waals surface area contributed by atoms with Crippen molar-refractivity contribution in [2.45, 2.75) is 24.5 Å². The summed E-state index contributed by atoms with van der Waals surface area (Å²) in [5.74, 6) is 0.253. The van der Waals surface area contributed by atoms with Gasteiger partial charge in [-0.25, -0.2) is 19.2 Å². The number of nitrogens with zero attached hydrogens (tertiary/aromatic N) is 5. The van der Waals surface area contributed by atoms with Crippen molar-refractivity contribution in [3.05, 3.63) is 40.7 Å². The molecule has 10 heteroatoms. The summed E-state index contributed by atoms with van der Waals surface area (Å²) in [7, 11) is 0. The molecule has 5 heterocycles. The van der Waals surface area contributed by atoms with E-state index in [0.29, 0.717) is 56.4 Å². The molecule has 0 saturated carbocycles. The predicted octanol–water partition coefficient (Wildman–Crippen LogP) is 1.99. The fourth-order valence-electron chi connectivity index (χ4n) is 4.51. The summed E-state index contributed by atoms with van der Waals surface area (Å²) in [6.45, 7) is 2.68. The zero-order chi connectivity index (χ0) is 20.0. The molecule has 3 aliphatic heterocycles. The summed E-state index contributed by atoms with van der Waals surface area (Å²) < 4.78 is 19.0. The summed E-state index contributed by atoms with van der Waals surface area (Å²) in [6, 6.07) is 2.89. The molecule has 152 valence electrons. The molecular formula is C19H20FN5O3S. The van der Waals surface area contributed by atoms with Crippen LogP contribution in [-0.2, 0) is 4.74 Å². The number of piperidine rings is 1. The smallest absolute Gasteiger partial charge is 0.410 e. The van der Waals surface area contributed by atoms with E-state index < -0.39 is 5.60 Å². The van der Waals surface area contributed by atoms with Crippen LogP contribution in [0, 0.1) is 5.82 Å². The van der Waals surface area contributed by atoms with Crippen molar-refractivity contribution in [1.29, 1.82) is 0 Å². The Morgan fingerprint density at radius 1 is 1.21 bits per heavy atom. The minimum absolute atomic E-state index is 0.0953. The molecule has 2 amide bonds. The van der Waals surface area contributed by atoms with Crippen molar-refractivity contribution < 1.29 is 18.7 Å². The van der Waals surface area contributed by atoms with Crippen LogP contribution >= 0.6 is 11.3 Å². The topological polar surface area (TPSA) is 78.9 Å². The number of carbonyl (C=O) groups excluding carboxylic acids is 2. The fourth-order valence-corrected chi connectivity index (χ4v) is 5.11. The van der Waals surface area contributed by atoms with E-state index in [1.54, 1.807) is 27.4 Å². The van der Waals surface area contributed by atoms with Gasteiger partial charge in [0, 0.05) is 57.1 Å². The Labute approximate surface area is 170 Å². The molecule has 0 aliphatic carbocycles. The zero-order valence-electron chi connectivity index (χ0n) is 15.7. The van der Waals surface area contributed by atoms with Crippen molar-refractivity contribution in [1.82, 2.24) is 19.8 Å². The molecule has 29 heavy (non-hydrogen) atoms. The van der Waals surface area contributed by atoms with E-state index in [9.17, 15) is 14.0 Å². The Kier molecular flexibility index (Phi) is 4.38. The van der Waals surface area contributed by atoms with E-state index in [0.717, 1.165) is 0 Å². The van der Waals surface area contributed by atoms with Gasteiger partial charge in [-0.05, 0) is 12.1 Å². The highest BCUT2D eigenvalue weighted by molar-refractivity contribution is 7.11. The van der Waals surface area contributed by atoms with Gasteiger partial charge in [-0.15, -0.1) is 11.3 Å². The number of carbonyl (C=O) groups is 2. The predicted molar refractivity (Wildman–Crippen MR) is 103 cm³/mol. The van der Waals surface area contributed by atoms with E-state index >= 15 is 0 Å². The first-order valence-electron chi connectivity index (χ1n) is 9.61. The van der Waals surface area contributed by atoms with Crippen LogP contribution in [0.5, 0.6) is 0 Å². The van der Waals surface area contributed by atoms with E-state index in [-0.39, 0.29) is 23.9 Å². The summed E-state index contributed by atoms with van der Waals surface area (Å²) in [5, 5.41) is 2.25. The molecule has 0 bridgehead atoms. The lowest BCUT2D eigenvalue weighted by Crippen LogP contribution is -2.61. The number of piperazine rings is 1. The lowest BCUT2D eigenvalue weighted by atomic mass is 9.83. The van der Waals surface area contributed by atoms with Crippen LogP contribution in [0.4, 0.5) is 15.0 Å². The number of hydrogen-bond acceptors (Lipinski definition) is 7. The number of amides is 2. The number of pyridine rings is 1. The van der Waals surface area contributed by atoms with Crippen molar-refractivity contribution in [2.75, 3.05) is 37.6 Å². The molecule has 2 aromatic heterocycles. The van der Waals surface area contributed by atoms with E-state index in [1.807, 2.05) is 0 Å². The van der Waals surface area contributed by atoms with Gasteiger partial charge in [-0.2, -0.15) is 0 Å². The Balaban J connectivity index is 1.32. The van der Waals surface area contributed by atoms with Crippen LogP contribution in [0.3, 0.4) is 0 Å². The molecule has 5 rings (SSSR count). The standard InChI is InChI=1S/C19H20FN5O3S/c20-13-1-2-15(22-11-13)23-6-3-19(4-7-23)14-12-24(8-9-25(14)18(27)28-19)17(26)16-21-5-10-29-16/h1-2,5,10-11,14H,3-4,6-9,12H2. The van der Waals surface area contributed by atoms with Crippen LogP contribution in [0.15, 0.2) is 29.9 Å². The molecule has 1 unspecified atom stereocenters. The molecule has 0 N–H and O–H groups in total. The second-order valence-electron chi connectivity index (χ2n) is 7.55. The van der Waals surface area contributed by atoms with Crippen LogP contribution in [0.2, 0.25) is 0 Å². The molecular weight excluding hydrogens is 397 g/mol. The molecule has 3 aliphatic rings. The fraction of sp³-hybridized carbons (Fsp3) is 0.474. The molecule has 1 spiro atoms. The van der Waals surface area contributed by atoms with Crippen molar-refractivity contribution in [2.24, 2.45) is 0 Å². The van der Waals surface area contributed by atoms with Crippen molar-refractivity contribution in [3.63, 3.8) is 0 Å². The largest absolute Gasteiger partial charge is 0.440 e. The first kappa shape index (κ1) is 18.3. The Bertz CT molecular complexity index is 914. The number of aromatic nitrogens is 2. The van der Waals surface area contributed by atoms with Crippen molar-refractivity contribution in [3.8, 4) is 0 Å². The maximum Gasteiger partial charge on any atom is 0.410 e. The molecule has 0 radical (unpaired) electrons. The maximum absolute atomic E-state index is 13.1. The third-order valence-corrected chi connectivity index (χ3v) is 6.82. The number of hydrogen-bond donors (Lipinski definition) is 0. The quantitative estimate of drug-likeness (QED) is 0.744. The molecule has 3 fully saturated rings. The SMILES string of the molecule is O=C(c1nccs1)N1CCN2C(=O)OC3(CCN(c4ccc(F)cn4)CC3)C2C1. The van der Waals surface area contributed by atoms with Gasteiger partial charge in [0.1, 0.15) is 17.2 Å². The maximum atomic E-state index is 13.1. The third kappa shape index (κ3) is 3.11. The van der Waals surface area contributed by atoms with Crippen LogP contribution in [0.25, 0.3) is 0 Å². The van der Waals surface area contributed by atoms with Crippen LogP contribution < -0.4 is 4.90 Å². The highest BCUT2D eigenvalue weighted by Gasteiger charge is 2.57. The van der Waals surface area contributed by atoms with Crippen molar-refractivity contribution >= 4 is 29.2 Å². The van der Waals surface area contributed by atoms with Gasteiger partial charge in [-0.1, -0.05) is 0 Å². The minimum Gasteiger partial charge on any atom is -0.440 e. The summed E-state index contributed by atoms with van der Waals surface area (Å²) in [5.41, 5.74) is -0.616. The summed E-state index contributed by atoms with van der Waals surface area (Å²) in [4.78, 5) is 39.1. The highest BCUT2D eigenvalue weighted by Crippen LogP contribution is 2.41. The normalized spacial score (nSPS) is 23.3. The van der Waals surface area contributed by atoms with Gasteiger partial charge in [0.15, 0.2) is 5.01 Å². The Hall–Kier alpha value is -2.75. The number of ether oxygens (including phenoxy) is 1. The number of thiazole rings is 1. The number of fused-ring (bicyclic) bond motifs is 2. The summed E-state index contributed by atoms with van der Waals surface area (Å²) in [6.07, 6.45) is 3.80. The number of rotatable bonds is 2. The average molecular weight is 417 g/mol. The molecule has 1 atom stereocenters. The number of halogens is 1. The van der Waals surface area contributed by atoms with E-state index in [4.69, 9.17) is 4.74 Å². The molecule has 0 aromatic carbocycles. The second kappa shape index (κ2) is 6.94. The highest BCUT2D eigenvalue weighted by atomic mass is 32.1. The van der Waals surface area contributed by atoms with Gasteiger partial charge in [0.25, 0.3) is 5.91 Å². The number of anilines is 1. The Morgan fingerprint density at radius 2 is 2.03 bits per heavy atom. The third-order valence-electron chi connectivity index (χ3n) is 6.06. The van der Waals surface area contributed by atoms with Crippen LogP contribution in [-0.4, -0.2) is 76.1 Å². The molecule has 2 aromatic rings. The Morgan fingerprint density at radius 3 is 2.72 bits per heavy atom. The zero-order valence-corrected chi connectivity index (χ0v) is 16.5. The lowest BCUT2D eigenvalue weighted by molar-refractivity contribution is -0.00321. The lowest BCUT2D eigenvalue weighted by Gasteiger charge is -2.45. The van der Waals surface area contributed by atoms with Gasteiger partial charge < -0.3 is 14.5 Å². The molecule has 3 saturated heterocycles. The van der Waals surface area contributed by atoms with Gasteiger partial charge in [-0.3, -0.25) is 9.69 Å². The minimum atomic E-state index is -0.616. The van der Waals surface area contributed by atoms with Gasteiger partial charge in [0.05, 0.1) is 12.2 Å². The second-order valence-corrected chi connectivity index (χ2v) is 8.45. The monoisotopic (exact) mass is 417 g/mol. The van der Waals surface area contributed by atoms with Gasteiger partial charge >= 0.3 is 6.09 Å². The first-order chi connectivity index (χ1) is 14.1. The van der Waals surface area contributed by atoms with E-state index in [1.165, 1.54) is 23.6 Å². The summed E-state index contributed by atoms with van der Waals surface area (Å²) >= 11 is 1.32.